The molecule has 66 valence electrons. The Labute approximate surface area is 73.2 Å². The first-order valence-corrected chi connectivity index (χ1v) is 3.52. The molecule has 0 spiro atoms. The number of aromatic nitrogens is 4. The molecule has 2 heterocycles. The van der Waals surface area contributed by atoms with Gasteiger partial charge in [0.15, 0.2) is 17.0 Å². The van der Waals surface area contributed by atoms with E-state index in [0.29, 0.717) is 17.0 Å². The lowest BCUT2D eigenvalue weighted by atomic mass is 10.5. The molecule has 13 heavy (non-hydrogen) atoms. The highest BCUT2D eigenvalue weighted by molar-refractivity contribution is 5.82. The molecule has 0 unspecified atom stereocenters. The van der Waals surface area contributed by atoms with E-state index in [9.17, 15) is 0 Å². The summed E-state index contributed by atoms with van der Waals surface area (Å²) in [5, 5.41) is 0. The van der Waals surface area contributed by atoms with Gasteiger partial charge in [0.1, 0.15) is 0 Å². The highest BCUT2D eigenvalue weighted by atomic mass is 15.3. The fraction of sp³-hybridized carbons (Fsp3) is 0. The number of nitrogens with zero attached hydrogens (tertiary/aromatic N) is 4. The van der Waals surface area contributed by atoms with Crippen molar-refractivity contribution in [2.24, 2.45) is 5.84 Å². The molecule has 0 aromatic carbocycles. The van der Waals surface area contributed by atoms with E-state index in [4.69, 9.17) is 11.6 Å². The van der Waals surface area contributed by atoms with Crippen molar-refractivity contribution in [2.75, 3.05) is 11.2 Å². The van der Waals surface area contributed by atoms with Gasteiger partial charge in [0.25, 0.3) is 0 Å². The molecule has 7 nitrogen and oxygen atoms in total. The van der Waals surface area contributed by atoms with Gasteiger partial charge in [0.05, 0.1) is 0 Å². The third-order valence-corrected chi connectivity index (χ3v) is 1.49. The van der Waals surface area contributed by atoms with Gasteiger partial charge in [0, 0.05) is 12.4 Å². The van der Waals surface area contributed by atoms with Crippen LogP contribution in [0, 0.1) is 0 Å². The predicted molar refractivity (Wildman–Crippen MR) is 47.4 cm³/mol. The van der Waals surface area contributed by atoms with Gasteiger partial charge in [-0.1, -0.05) is 0 Å². The highest BCUT2D eigenvalue weighted by Gasteiger charge is 2.05. The average Bonchev–Trinajstić information content (AvgIpc) is 2.16. The summed E-state index contributed by atoms with van der Waals surface area (Å²) < 4.78 is 0. The van der Waals surface area contributed by atoms with Gasteiger partial charge in [-0.15, -0.1) is 0 Å². The zero-order valence-corrected chi connectivity index (χ0v) is 6.60. The van der Waals surface area contributed by atoms with Gasteiger partial charge < -0.3 is 11.2 Å². The summed E-state index contributed by atoms with van der Waals surface area (Å²) in [4.78, 5) is 15.7. The molecule has 0 aliphatic rings. The van der Waals surface area contributed by atoms with E-state index in [1.807, 2.05) is 0 Å². The normalized spacial score (nSPS) is 10.2. The van der Waals surface area contributed by atoms with Gasteiger partial charge in [0.2, 0.25) is 5.95 Å². The Morgan fingerprint density at radius 2 is 1.92 bits per heavy atom. The summed E-state index contributed by atoms with van der Waals surface area (Å²) in [7, 11) is 0. The molecule has 0 radical (unpaired) electrons. The molecule has 0 saturated carbocycles. The number of rotatable bonds is 1. The standard InChI is InChI=1S/C6H7N7/c7-6-11-4-3(5(12-6)13-8)9-1-2-10-4/h1-2H,8H2,(H3,7,10,11,12,13). The summed E-state index contributed by atoms with van der Waals surface area (Å²) in [6, 6.07) is 0. The first-order chi connectivity index (χ1) is 6.31. The molecule has 0 bridgehead atoms. The van der Waals surface area contributed by atoms with Gasteiger partial charge >= 0.3 is 0 Å². The topological polar surface area (TPSA) is 116 Å². The Bertz CT molecular complexity index is 440. The van der Waals surface area contributed by atoms with Crippen molar-refractivity contribution in [2.45, 2.75) is 0 Å². The molecule has 0 amide bonds. The van der Waals surface area contributed by atoms with Crippen LogP contribution in [0.2, 0.25) is 0 Å². The zero-order valence-electron chi connectivity index (χ0n) is 6.60. The summed E-state index contributed by atoms with van der Waals surface area (Å²) in [5.74, 6) is 5.70. The number of nitrogens with one attached hydrogen (secondary N) is 1. The Morgan fingerprint density at radius 1 is 1.15 bits per heavy atom. The number of hydrazine groups is 1. The molecule has 2 aromatic heterocycles. The largest absolute Gasteiger partial charge is 0.368 e. The van der Waals surface area contributed by atoms with Gasteiger partial charge in [-0.05, 0) is 0 Å². The van der Waals surface area contributed by atoms with Crippen molar-refractivity contribution in [1.82, 2.24) is 19.9 Å². The van der Waals surface area contributed by atoms with E-state index < -0.39 is 0 Å². The minimum Gasteiger partial charge on any atom is -0.368 e. The third-order valence-electron chi connectivity index (χ3n) is 1.49. The van der Waals surface area contributed by atoms with Crippen molar-refractivity contribution in [1.29, 1.82) is 0 Å². The van der Waals surface area contributed by atoms with Crippen molar-refractivity contribution in [3.63, 3.8) is 0 Å². The Kier molecular flexibility index (Phi) is 1.64. The van der Waals surface area contributed by atoms with Crippen LogP contribution in [0.5, 0.6) is 0 Å². The monoisotopic (exact) mass is 177 g/mol. The smallest absolute Gasteiger partial charge is 0.224 e. The van der Waals surface area contributed by atoms with Crippen LogP contribution in [0.4, 0.5) is 11.8 Å². The van der Waals surface area contributed by atoms with Crippen LogP contribution in [-0.4, -0.2) is 19.9 Å². The van der Waals surface area contributed by atoms with E-state index in [1.54, 1.807) is 0 Å². The van der Waals surface area contributed by atoms with Crippen LogP contribution in [0.3, 0.4) is 0 Å². The van der Waals surface area contributed by atoms with Gasteiger partial charge in [-0.25, -0.2) is 15.8 Å². The van der Waals surface area contributed by atoms with Crippen LogP contribution >= 0.6 is 0 Å². The molecule has 0 fully saturated rings. The van der Waals surface area contributed by atoms with Crippen LogP contribution in [0.1, 0.15) is 0 Å². The first-order valence-electron chi connectivity index (χ1n) is 3.52. The lowest BCUT2D eigenvalue weighted by molar-refractivity contribution is 1.14. The zero-order chi connectivity index (χ0) is 9.26. The van der Waals surface area contributed by atoms with Crippen LogP contribution in [-0.2, 0) is 0 Å². The van der Waals surface area contributed by atoms with Crippen LogP contribution in [0.25, 0.3) is 11.2 Å². The molecule has 0 aliphatic carbocycles. The number of nitrogens with two attached hydrogens (primary N) is 2. The highest BCUT2D eigenvalue weighted by Crippen LogP contribution is 2.14. The molecule has 0 saturated heterocycles. The van der Waals surface area contributed by atoms with E-state index >= 15 is 0 Å². The number of anilines is 2. The van der Waals surface area contributed by atoms with Gasteiger partial charge in [-0.2, -0.15) is 9.97 Å². The van der Waals surface area contributed by atoms with Crippen molar-refractivity contribution < 1.29 is 0 Å². The summed E-state index contributed by atoms with van der Waals surface area (Å²) in [6.07, 6.45) is 3.05. The Balaban J connectivity index is 2.81. The maximum atomic E-state index is 5.41. The minimum absolute atomic E-state index is 0.112. The molecule has 2 rings (SSSR count). The summed E-state index contributed by atoms with van der Waals surface area (Å²) >= 11 is 0. The molecule has 0 aliphatic heterocycles. The van der Waals surface area contributed by atoms with Crippen LogP contribution in [0.15, 0.2) is 12.4 Å². The second-order valence-electron chi connectivity index (χ2n) is 2.30. The molecular weight excluding hydrogens is 170 g/mol. The fourth-order valence-electron chi connectivity index (χ4n) is 0.981. The number of nitrogen functional groups attached to an aromatic ring is 2. The van der Waals surface area contributed by atoms with Gasteiger partial charge in [-0.3, -0.25) is 0 Å². The maximum absolute atomic E-state index is 5.41. The van der Waals surface area contributed by atoms with Crippen molar-refractivity contribution in [3.8, 4) is 0 Å². The molecule has 7 heteroatoms. The van der Waals surface area contributed by atoms with E-state index in [-0.39, 0.29) is 5.95 Å². The Hall–Kier alpha value is -2.02. The molecular formula is C6H7N7. The van der Waals surface area contributed by atoms with E-state index in [0.717, 1.165) is 0 Å². The Morgan fingerprint density at radius 3 is 2.69 bits per heavy atom. The van der Waals surface area contributed by atoms with Crippen molar-refractivity contribution >= 4 is 22.9 Å². The summed E-state index contributed by atoms with van der Waals surface area (Å²) in [5.41, 5.74) is 8.71. The molecule has 2 aromatic rings. The predicted octanol–water partition coefficient (Wildman–Crippen LogP) is -0.712. The van der Waals surface area contributed by atoms with Crippen molar-refractivity contribution in [3.05, 3.63) is 12.4 Å². The number of fused-ring (bicyclic) bond motifs is 1. The lowest BCUT2D eigenvalue weighted by Crippen LogP contribution is -2.11. The maximum Gasteiger partial charge on any atom is 0.224 e. The molecule has 0 atom stereocenters. The minimum atomic E-state index is 0.112. The fourth-order valence-corrected chi connectivity index (χ4v) is 0.981. The first kappa shape index (κ1) is 7.62. The quantitative estimate of drug-likeness (QED) is 0.389. The van der Waals surface area contributed by atoms with E-state index in [2.05, 4.69) is 25.4 Å². The number of hydrogen-bond acceptors (Lipinski definition) is 7. The molecule has 5 N–H and O–H groups in total. The van der Waals surface area contributed by atoms with Crippen LogP contribution < -0.4 is 17.0 Å². The second kappa shape index (κ2) is 2.79. The average molecular weight is 177 g/mol. The number of hydrogen-bond donors (Lipinski definition) is 3. The van der Waals surface area contributed by atoms with E-state index in [1.165, 1.54) is 12.4 Å². The summed E-state index contributed by atoms with van der Waals surface area (Å²) in [6.45, 7) is 0. The third kappa shape index (κ3) is 1.20. The lowest BCUT2D eigenvalue weighted by Gasteiger charge is -2.02. The second-order valence-corrected chi connectivity index (χ2v) is 2.30. The SMILES string of the molecule is NNc1nc(N)nc2nccnc12.